The molecule has 0 aliphatic rings. The number of nitrogens with zero attached hydrogens (tertiary/aromatic N) is 2. The minimum Gasteiger partial charge on any atom is -0.497 e. The number of sulfonamides is 1. The van der Waals surface area contributed by atoms with E-state index in [0.29, 0.717) is 12.2 Å². The molecule has 214 valence electrons. The Labute approximate surface area is 235 Å². The van der Waals surface area contributed by atoms with Gasteiger partial charge >= 0.3 is 0 Å². The average molecular weight is 570 g/mol. The fourth-order valence-corrected chi connectivity index (χ4v) is 5.03. The minimum atomic E-state index is -3.92. The van der Waals surface area contributed by atoms with Crippen molar-refractivity contribution in [2.75, 3.05) is 24.2 Å². The number of benzene rings is 3. The number of nitrogens with one attached hydrogen (secondary N) is 1. The van der Waals surface area contributed by atoms with Gasteiger partial charge in [0.1, 0.15) is 24.2 Å². The molecular formula is C30H36FN3O5S. The molecule has 40 heavy (non-hydrogen) atoms. The van der Waals surface area contributed by atoms with Gasteiger partial charge in [0.25, 0.3) is 0 Å². The van der Waals surface area contributed by atoms with Crippen molar-refractivity contribution in [3.05, 3.63) is 95.8 Å². The Morgan fingerprint density at radius 2 is 1.68 bits per heavy atom. The molecule has 3 aromatic rings. The van der Waals surface area contributed by atoms with Gasteiger partial charge in [0.05, 0.1) is 19.1 Å². The van der Waals surface area contributed by atoms with E-state index in [0.717, 1.165) is 16.1 Å². The van der Waals surface area contributed by atoms with Gasteiger partial charge in [-0.25, -0.2) is 12.8 Å². The first-order chi connectivity index (χ1) is 19.0. The predicted octanol–water partition coefficient (Wildman–Crippen LogP) is 4.16. The first-order valence-electron chi connectivity index (χ1n) is 13.0. The summed E-state index contributed by atoms with van der Waals surface area (Å²) < 4.78 is 46.7. The first kappa shape index (κ1) is 30.6. The second-order valence-electron chi connectivity index (χ2n) is 9.61. The van der Waals surface area contributed by atoms with E-state index in [-0.39, 0.29) is 30.3 Å². The number of hydrogen-bond acceptors (Lipinski definition) is 5. The van der Waals surface area contributed by atoms with Gasteiger partial charge in [-0.3, -0.25) is 13.9 Å². The summed E-state index contributed by atoms with van der Waals surface area (Å²) in [5, 5.41) is 2.94. The van der Waals surface area contributed by atoms with Crippen LogP contribution in [-0.4, -0.2) is 57.1 Å². The number of carbonyl (C=O) groups is 2. The fraction of sp³-hybridized carbons (Fsp3) is 0.333. The topological polar surface area (TPSA) is 96.0 Å². The van der Waals surface area contributed by atoms with Crippen molar-refractivity contribution in [3.63, 3.8) is 0 Å². The molecule has 2 atom stereocenters. The van der Waals surface area contributed by atoms with Gasteiger partial charge in [0.15, 0.2) is 0 Å². The van der Waals surface area contributed by atoms with E-state index in [1.807, 2.05) is 44.2 Å². The van der Waals surface area contributed by atoms with Crippen molar-refractivity contribution in [3.8, 4) is 5.75 Å². The summed E-state index contributed by atoms with van der Waals surface area (Å²) in [5.74, 6) is -1.18. The van der Waals surface area contributed by atoms with E-state index in [1.54, 1.807) is 24.3 Å². The van der Waals surface area contributed by atoms with Gasteiger partial charge in [-0.2, -0.15) is 0 Å². The lowest BCUT2D eigenvalue weighted by Crippen LogP contribution is -2.54. The van der Waals surface area contributed by atoms with Crippen LogP contribution in [0, 0.1) is 5.82 Å². The third-order valence-corrected chi connectivity index (χ3v) is 7.73. The third-order valence-electron chi connectivity index (χ3n) is 6.59. The molecule has 3 aromatic carbocycles. The molecule has 0 bridgehead atoms. The summed E-state index contributed by atoms with van der Waals surface area (Å²) >= 11 is 0. The Morgan fingerprint density at radius 3 is 2.30 bits per heavy atom. The molecular weight excluding hydrogens is 533 g/mol. The number of hydrogen-bond donors (Lipinski definition) is 1. The highest BCUT2D eigenvalue weighted by Gasteiger charge is 2.34. The number of methoxy groups -OCH3 is 1. The van der Waals surface area contributed by atoms with Gasteiger partial charge in [0.2, 0.25) is 21.8 Å². The maximum Gasteiger partial charge on any atom is 0.244 e. The van der Waals surface area contributed by atoms with Crippen molar-refractivity contribution in [1.82, 2.24) is 10.2 Å². The van der Waals surface area contributed by atoms with Crippen molar-refractivity contribution in [1.29, 1.82) is 0 Å². The number of carbonyl (C=O) groups excluding carboxylic acids is 2. The molecule has 2 amide bonds. The SMILES string of the molecule is CC[C@H](C)NC(=O)[C@@H](Cc1ccccc1)N(Cc1ccccc1F)C(=O)CN(c1cccc(OC)c1)S(C)(=O)=O. The maximum atomic E-state index is 14.8. The molecule has 0 aliphatic carbocycles. The normalized spacial score (nSPS) is 12.7. The highest BCUT2D eigenvalue weighted by molar-refractivity contribution is 7.92. The summed E-state index contributed by atoms with van der Waals surface area (Å²) in [6.07, 6.45) is 1.82. The number of ether oxygens (including phenoxy) is 1. The Morgan fingerprint density at radius 1 is 1.00 bits per heavy atom. The minimum absolute atomic E-state index is 0.154. The lowest BCUT2D eigenvalue weighted by Gasteiger charge is -2.34. The van der Waals surface area contributed by atoms with Gasteiger partial charge in [-0.1, -0.05) is 61.5 Å². The molecule has 0 fully saturated rings. The molecule has 0 spiro atoms. The van der Waals surface area contributed by atoms with E-state index >= 15 is 0 Å². The highest BCUT2D eigenvalue weighted by Crippen LogP contribution is 2.24. The monoisotopic (exact) mass is 569 g/mol. The molecule has 0 heterocycles. The van der Waals surface area contributed by atoms with Crippen molar-refractivity contribution < 1.29 is 27.1 Å². The lowest BCUT2D eigenvalue weighted by molar-refractivity contribution is -0.140. The number of anilines is 1. The molecule has 10 heteroatoms. The quantitative estimate of drug-likeness (QED) is 0.334. The van der Waals surface area contributed by atoms with Crippen LogP contribution in [0.3, 0.4) is 0 Å². The first-order valence-corrected chi connectivity index (χ1v) is 14.9. The zero-order valence-electron chi connectivity index (χ0n) is 23.2. The number of halogens is 1. The average Bonchev–Trinajstić information content (AvgIpc) is 2.94. The molecule has 0 saturated heterocycles. The Kier molecular flexibility index (Phi) is 10.7. The Hall–Kier alpha value is -3.92. The van der Waals surface area contributed by atoms with E-state index in [1.165, 1.54) is 36.3 Å². The highest BCUT2D eigenvalue weighted by atomic mass is 32.2. The molecule has 3 rings (SSSR count). The van der Waals surface area contributed by atoms with Crippen LogP contribution in [0.15, 0.2) is 78.9 Å². The zero-order valence-corrected chi connectivity index (χ0v) is 24.0. The van der Waals surface area contributed by atoms with Crippen LogP contribution in [0.4, 0.5) is 10.1 Å². The molecule has 0 saturated carbocycles. The van der Waals surface area contributed by atoms with Crippen LogP contribution < -0.4 is 14.4 Å². The summed E-state index contributed by atoms with van der Waals surface area (Å²) in [7, 11) is -2.47. The van der Waals surface area contributed by atoms with Crippen LogP contribution in [0.2, 0.25) is 0 Å². The van der Waals surface area contributed by atoms with Gasteiger partial charge in [0, 0.05) is 30.6 Å². The van der Waals surface area contributed by atoms with E-state index < -0.39 is 40.2 Å². The van der Waals surface area contributed by atoms with E-state index in [4.69, 9.17) is 4.74 Å². The summed E-state index contributed by atoms with van der Waals surface area (Å²) in [6.45, 7) is 2.96. The summed E-state index contributed by atoms with van der Waals surface area (Å²) in [4.78, 5) is 28.9. The maximum absolute atomic E-state index is 14.8. The van der Waals surface area contributed by atoms with Crippen molar-refractivity contribution >= 4 is 27.5 Å². The van der Waals surface area contributed by atoms with Crippen molar-refractivity contribution in [2.45, 2.75) is 45.3 Å². The van der Waals surface area contributed by atoms with Crippen molar-refractivity contribution in [2.24, 2.45) is 0 Å². The smallest absolute Gasteiger partial charge is 0.244 e. The lowest BCUT2D eigenvalue weighted by atomic mass is 10.0. The summed E-state index contributed by atoms with van der Waals surface area (Å²) in [5.41, 5.74) is 1.23. The van der Waals surface area contributed by atoms with Crippen LogP contribution >= 0.6 is 0 Å². The molecule has 0 radical (unpaired) electrons. The number of rotatable bonds is 13. The van der Waals surface area contributed by atoms with Gasteiger partial charge < -0.3 is 15.0 Å². The van der Waals surface area contributed by atoms with Crippen LogP contribution in [-0.2, 0) is 32.6 Å². The Balaban J connectivity index is 2.07. The molecule has 0 aliphatic heterocycles. The van der Waals surface area contributed by atoms with Crippen LogP contribution in [0.25, 0.3) is 0 Å². The second-order valence-corrected chi connectivity index (χ2v) is 11.5. The number of amides is 2. The second kappa shape index (κ2) is 13.9. The van der Waals surface area contributed by atoms with E-state index in [2.05, 4.69) is 5.32 Å². The van der Waals surface area contributed by atoms with Crippen LogP contribution in [0.5, 0.6) is 5.75 Å². The van der Waals surface area contributed by atoms with E-state index in [9.17, 15) is 22.4 Å². The molecule has 0 unspecified atom stereocenters. The van der Waals surface area contributed by atoms with Gasteiger partial charge in [-0.15, -0.1) is 0 Å². The Bertz CT molecular complexity index is 1400. The fourth-order valence-electron chi connectivity index (χ4n) is 4.18. The summed E-state index contributed by atoms with van der Waals surface area (Å²) in [6, 6.07) is 20.3. The third kappa shape index (κ3) is 8.29. The molecule has 1 N–H and O–H groups in total. The molecule has 8 nitrogen and oxygen atoms in total. The zero-order chi connectivity index (χ0) is 29.3. The van der Waals surface area contributed by atoms with Crippen LogP contribution in [0.1, 0.15) is 31.4 Å². The molecule has 0 aromatic heterocycles. The standard InChI is InChI=1S/C30H36FN3O5S/c1-5-22(2)32-30(36)28(18-23-12-7-6-8-13-23)33(20-24-14-9-10-17-27(24)31)29(35)21-34(40(4,37)38)25-15-11-16-26(19-25)39-3/h6-17,19,22,28H,5,18,20-21H2,1-4H3,(H,32,36)/t22-,28+/m0/s1. The largest absolute Gasteiger partial charge is 0.497 e. The van der Waals surface area contributed by atoms with Gasteiger partial charge in [-0.05, 0) is 37.1 Å². The predicted molar refractivity (Wildman–Crippen MR) is 154 cm³/mol.